The van der Waals surface area contributed by atoms with Crippen LogP contribution in [-0.4, -0.2) is 54.2 Å². The number of nitrogens with zero attached hydrogens (tertiary/aromatic N) is 1. The monoisotopic (exact) mass is 522 g/mol. The lowest BCUT2D eigenvalue weighted by atomic mass is 10.1. The molecule has 192 valence electrons. The van der Waals surface area contributed by atoms with Gasteiger partial charge in [-0.15, -0.1) is 0 Å². The smallest absolute Gasteiger partial charge is 0.340 e. The lowest BCUT2D eigenvalue weighted by Gasteiger charge is -2.39. The van der Waals surface area contributed by atoms with E-state index in [1.807, 2.05) is 18.2 Å². The van der Waals surface area contributed by atoms with E-state index in [-0.39, 0.29) is 29.6 Å². The molecule has 1 heterocycles. The van der Waals surface area contributed by atoms with Crippen molar-refractivity contribution in [3.8, 4) is 5.75 Å². The van der Waals surface area contributed by atoms with E-state index in [9.17, 15) is 14.4 Å². The summed E-state index contributed by atoms with van der Waals surface area (Å²) in [6.07, 6.45) is 0.706. The third-order valence-electron chi connectivity index (χ3n) is 6.03. The van der Waals surface area contributed by atoms with Gasteiger partial charge in [-0.3, -0.25) is 9.69 Å². The molecule has 3 aromatic carbocycles. The van der Waals surface area contributed by atoms with Gasteiger partial charge in [0.25, 0.3) is 0 Å². The molecule has 1 aliphatic rings. The van der Waals surface area contributed by atoms with E-state index < -0.39 is 11.9 Å². The third kappa shape index (κ3) is 7.09. The van der Waals surface area contributed by atoms with E-state index in [1.54, 1.807) is 48.5 Å². The van der Waals surface area contributed by atoms with E-state index in [4.69, 9.17) is 26.2 Å². The molecule has 37 heavy (non-hydrogen) atoms. The van der Waals surface area contributed by atoms with Gasteiger partial charge in [0.2, 0.25) is 5.91 Å². The molecule has 0 bridgehead atoms. The highest BCUT2D eigenvalue weighted by Crippen LogP contribution is 2.26. The maximum Gasteiger partial charge on any atom is 0.340 e. The summed E-state index contributed by atoms with van der Waals surface area (Å²) in [5.74, 6) is -1.26. The van der Waals surface area contributed by atoms with E-state index in [0.29, 0.717) is 42.5 Å². The van der Waals surface area contributed by atoms with Gasteiger partial charge < -0.3 is 19.9 Å². The van der Waals surface area contributed by atoms with Crippen molar-refractivity contribution in [2.24, 2.45) is 0 Å². The Morgan fingerprint density at radius 2 is 1.78 bits per heavy atom. The average Bonchev–Trinajstić information content (AvgIpc) is 2.87. The molecular weight excluding hydrogens is 496 g/mol. The number of halogens is 1. The number of nitrogens with one attached hydrogen (secondary N) is 1. The highest BCUT2D eigenvalue weighted by Gasteiger charge is 2.29. The molecule has 1 aliphatic heterocycles. The largest absolute Gasteiger partial charge is 0.488 e. The molecule has 0 saturated carbocycles. The van der Waals surface area contributed by atoms with Crippen molar-refractivity contribution in [1.29, 1.82) is 0 Å². The fourth-order valence-corrected chi connectivity index (χ4v) is 4.21. The summed E-state index contributed by atoms with van der Waals surface area (Å²) < 4.78 is 10.9. The maximum absolute atomic E-state index is 12.5. The number of carbonyl (C=O) groups excluding carboxylic acids is 2. The lowest BCUT2D eigenvalue weighted by Crippen LogP contribution is -2.53. The standard InChI is InChI=1S/C28H27ClN2O6/c1-36-28(35)24-14-22(10-11-25(24)30-26(32)12-7-18-5-8-21(29)9-6-18)37-23-16-31(17-23)15-19-3-2-4-20(13-19)27(33)34/h2-6,8-11,13-14,23H,7,12,15-17H2,1H3,(H,30,32)(H,33,34). The van der Waals surface area contributed by atoms with Gasteiger partial charge in [0.15, 0.2) is 0 Å². The SMILES string of the molecule is COC(=O)c1cc(OC2CN(Cc3cccc(C(=O)O)c3)C2)ccc1NC(=O)CCc1ccc(Cl)cc1. The number of benzene rings is 3. The van der Waals surface area contributed by atoms with Crippen LogP contribution in [0.3, 0.4) is 0 Å². The summed E-state index contributed by atoms with van der Waals surface area (Å²) in [5, 5.41) is 12.6. The normalized spacial score (nSPS) is 13.5. The number of aromatic carboxylic acids is 1. The van der Waals surface area contributed by atoms with Crippen molar-refractivity contribution in [3.63, 3.8) is 0 Å². The maximum atomic E-state index is 12.5. The van der Waals surface area contributed by atoms with E-state index in [2.05, 4.69) is 10.2 Å². The van der Waals surface area contributed by atoms with Crippen molar-refractivity contribution >= 4 is 35.1 Å². The van der Waals surface area contributed by atoms with Crippen LogP contribution in [-0.2, 0) is 22.5 Å². The second-order valence-corrected chi connectivity index (χ2v) is 9.25. The number of hydrogen-bond acceptors (Lipinski definition) is 6. The van der Waals surface area contributed by atoms with Crippen molar-refractivity contribution in [2.45, 2.75) is 25.5 Å². The highest BCUT2D eigenvalue weighted by atomic mass is 35.5. The summed E-state index contributed by atoms with van der Waals surface area (Å²) in [6, 6.07) is 19.1. The van der Waals surface area contributed by atoms with Crippen molar-refractivity contribution < 1.29 is 29.0 Å². The number of carboxylic acid groups (broad SMARTS) is 1. The molecule has 0 radical (unpaired) electrons. The molecule has 0 aliphatic carbocycles. The molecule has 0 atom stereocenters. The quantitative estimate of drug-likeness (QED) is 0.373. The van der Waals surface area contributed by atoms with Crippen molar-refractivity contribution in [1.82, 2.24) is 4.90 Å². The number of amides is 1. The molecule has 1 saturated heterocycles. The van der Waals surface area contributed by atoms with Gasteiger partial charge in [-0.25, -0.2) is 9.59 Å². The van der Waals surface area contributed by atoms with Crippen LogP contribution in [0.5, 0.6) is 5.75 Å². The Morgan fingerprint density at radius 1 is 1.03 bits per heavy atom. The van der Waals surface area contributed by atoms with Gasteiger partial charge in [-0.05, 0) is 60.0 Å². The predicted octanol–water partition coefficient (Wildman–Crippen LogP) is 4.66. The Labute approximate surface area is 219 Å². The van der Waals surface area contributed by atoms with Crippen LogP contribution >= 0.6 is 11.6 Å². The summed E-state index contributed by atoms with van der Waals surface area (Å²) in [4.78, 5) is 38.2. The minimum atomic E-state index is -0.950. The fourth-order valence-electron chi connectivity index (χ4n) is 4.09. The first-order chi connectivity index (χ1) is 17.8. The van der Waals surface area contributed by atoms with Gasteiger partial charge in [-0.1, -0.05) is 35.9 Å². The van der Waals surface area contributed by atoms with Crippen molar-refractivity contribution in [2.75, 3.05) is 25.5 Å². The van der Waals surface area contributed by atoms with Gasteiger partial charge in [0.05, 0.1) is 23.9 Å². The topological polar surface area (TPSA) is 105 Å². The molecule has 9 heteroatoms. The van der Waals surface area contributed by atoms with Crippen molar-refractivity contribution in [3.05, 3.63) is 94.0 Å². The van der Waals surface area contributed by atoms with Gasteiger partial charge in [-0.2, -0.15) is 0 Å². The Balaban J connectivity index is 1.32. The zero-order valence-electron chi connectivity index (χ0n) is 20.3. The van der Waals surface area contributed by atoms with Crippen LogP contribution in [0.25, 0.3) is 0 Å². The molecule has 8 nitrogen and oxygen atoms in total. The number of carbonyl (C=O) groups is 3. The number of methoxy groups -OCH3 is 1. The molecule has 3 aromatic rings. The van der Waals surface area contributed by atoms with Crippen LogP contribution in [0.4, 0.5) is 5.69 Å². The third-order valence-corrected chi connectivity index (χ3v) is 6.28. The Morgan fingerprint density at radius 3 is 2.49 bits per heavy atom. The molecule has 1 amide bonds. The number of anilines is 1. The van der Waals surface area contributed by atoms with Crippen LogP contribution < -0.4 is 10.1 Å². The minimum Gasteiger partial charge on any atom is -0.488 e. The summed E-state index contributed by atoms with van der Waals surface area (Å²) in [5.41, 5.74) is 2.73. The molecular formula is C28H27ClN2O6. The van der Waals surface area contributed by atoms with Crippen LogP contribution in [0.15, 0.2) is 66.7 Å². The second kappa shape index (κ2) is 11.9. The van der Waals surface area contributed by atoms with E-state index in [0.717, 1.165) is 11.1 Å². The molecule has 2 N–H and O–H groups in total. The lowest BCUT2D eigenvalue weighted by molar-refractivity contribution is -0.116. The summed E-state index contributed by atoms with van der Waals surface area (Å²) in [7, 11) is 1.28. The van der Waals surface area contributed by atoms with E-state index in [1.165, 1.54) is 7.11 Å². The van der Waals surface area contributed by atoms with E-state index >= 15 is 0 Å². The zero-order valence-corrected chi connectivity index (χ0v) is 21.0. The fraction of sp³-hybridized carbons (Fsp3) is 0.250. The minimum absolute atomic E-state index is 0.0760. The van der Waals surface area contributed by atoms with Crippen LogP contribution in [0.1, 0.15) is 38.3 Å². The predicted molar refractivity (Wildman–Crippen MR) is 139 cm³/mol. The first kappa shape index (κ1) is 26.2. The number of aryl methyl sites for hydroxylation is 1. The Kier molecular flexibility index (Phi) is 8.43. The number of ether oxygens (including phenoxy) is 2. The second-order valence-electron chi connectivity index (χ2n) is 8.81. The van der Waals surface area contributed by atoms with Gasteiger partial charge in [0, 0.05) is 31.1 Å². The molecule has 4 rings (SSSR count). The Hall–Kier alpha value is -3.88. The number of esters is 1. The number of rotatable bonds is 10. The number of hydrogen-bond donors (Lipinski definition) is 2. The molecule has 0 unspecified atom stereocenters. The highest BCUT2D eigenvalue weighted by molar-refractivity contribution is 6.30. The average molecular weight is 523 g/mol. The first-order valence-electron chi connectivity index (χ1n) is 11.8. The van der Waals surface area contributed by atoms with Crippen LogP contribution in [0.2, 0.25) is 5.02 Å². The number of likely N-dealkylation sites (tertiary alicyclic amines) is 1. The van der Waals surface area contributed by atoms with Gasteiger partial charge >= 0.3 is 11.9 Å². The first-order valence-corrected chi connectivity index (χ1v) is 12.2. The zero-order chi connectivity index (χ0) is 26.4. The molecule has 0 aromatic heterocycles. The molecule has 1 fully saturated rings. The number of carboxylic acids is 1. The molecule has 0 spiro atoms. The van der Waals surface area contributed by atoms with Crippen LogP contribution in [0, 0.1) is 0 Å². The van der Waals surface area contributed by atoms with Gasteiger partial charge in [0.1, 0.15) is 11.9 Å². The Bertz CT molecular complexity index is 1290. The summed E-state index contributed by atoms with van der Waals surface area (Å²) in [6.45, 7) is 1.94. The summed E-state index contributed by atoms with van der Waals surface area (Å²) >= 11 is 5.90.